The van der Waals surface area contributed by atoms with Crippen molar-refractivity contribution in [1.29, 1.82) is 0 Å². The lowest BCUT2D eigenvalue weighted by Crippen LogP contribution is -2.41. The molecule has 0 unspecified atom stereocenters. The SMILES string of the molecule is Cc1noc(C)c1C(=O)N[C@H](c1cnn(C)c1)C1CC(O)C1. The first-order valence-electron chi connectivity index (χ1n) is 7.36. The number of aliphatic hydroxyl groups excluding tert-OH is 1. The molecule has 1 saturated carbocycles. The molecule has 2 N–H and O–H groups in total. The van der Waals surface area contributed by atoms with Crippen LogP contribution < -0.4 is 5.32 Å². The van der Waals surface area contributed by atoms with Crippen molar-refractivity contribution in [3.8, 4) is 0 Å². The Balaban J connectivity index is 1.82. The fraction of sp³-hybridized carbons (Fsp3) is 0.533. The highest BCUT2D eigenvalue weighted by atomic mass is 16.5. The Kier molecular flexibility index (Phi) is 3.74. The second kappa shape index (κ2) is 5.57. The standard InChI is InChI=1S/C15H20N4O3/c1-8-13(9(2)22-18-8)15(21)17-14(10-4-12(20)5-10)11-6-16-19(3)7-11/h6-7,10,12,14,20H,4-5H2,1-3H3,(H,17,21)/t10?,12?,14-/m0/s1. The van der Waals surface area contributed by atoms with Crippen LogP contribution in [0.5, 0.6) is 0 Å². The second-order valence-corrected chi connectivity index (χ2v) is 5.98. The van der Waals surface area contributed by atoms with Gasteiger partial charge in [0.1, 0.15) is 11.3 Å². The third kappa shape index (κ3) is 2.64. The van der Waals surface area contributed by atoms with Crippen LogP contribution in [0.3, 0.4) is 0 Å². The van der Waals surface area contributed by atoms with E-state index in [0.717, 1.165) is 5.56 Å². The fourth-order valence-corrected chi connectivity index (χ4v) is 3.00. The molecule has 2 heterocycles. The third-order valence-electron chi connectivity index (χ3n) is 4.25. The molecule has 0 spiro atoms. The lowest BCUT2D eigenvalue weighted by Gasteiger charge is -2.37. The van der Waals surface area contributed by atoms with Crippen molar-refractivity contribution in [1.82, 2.24) is 20.3 Å². The number of carbonyl (C=O) groups is 1. The summed E-state index contributed by atoms with van der Waals surface area (Å²) >= 11 is 0. The van der Waals surface area contributed by atoms with Crippen LogP contribution in [0, 0.1) is 19.8 Å². The highest BCUT2D eigenvalue weighted by Gasteiger charge is 2.37. The molecule has 1 amide bonds. The first-order chi connectivity index (χ1) is 10.5. The van der Waals surface area contributed by atoms with Gasteiger partial charge < -0.3 is 14.9 Å². The normalized spacial score (nSPS) is 22.2. The van der Waals surface area contributed by atoms with Gasteiger partial charge >= 0.3 is 0 Å². The Labute approximate surface area is 128 Å². The summed E-state index contributed by atoms with van der Waals surface area (Å²) in [5.41, 5.74) is 2.00. The molecule has 1 aliphatic carbocycles. The molecule has 22 heavy (non-hydrogen) atoms. The Morgan fingerprint density at radius 3 is 2.73 bits per heavy atom. The van der Waals surface area contributed by atoms with Crippen LogP contribution >= 0.6 is 0 Å². The molecule has 1 aliphatic rings. The Hall–Kier alpha value is -2.15. The summed E-state index contributed by atoms with van der Waals surface area (Å²) in [5.74, 6) is 0.517. The fourth-order valence-electron chi connectivity index (χ4n) is 3.00. The van der Waals surface area contributed by atoms with Crippen molar-refractivity contribution in [2.24, 2.45) is 13.0 Å². The van der Waals surface area contributed by atoms with Crippen LogP contribution in [0.25, 0.3) is 0 Å². The number of nitrogens with zero attached hydrogens (tertiary/aromatic N) is 3. The Morgan fingerprint density at radius 1 is 1.50 bits per heavy atom. The molecule has 0 bridgehead atoms. The van der Waals surface area contributed by atoms with Crippen molar-refractivity contribution in [2.45, 2.75) is 38.8 Å². The maximum Gasteiger partial charge on any atom is 0.257 e. The van der Waals surface area contributed by atoms with Crippen LogP contribution in [0.4, 0.5) is 0 Å². The number of rotatable bonds is 4. The largest absolute Gasteiger partial charge is 0.393 e. The van der Waals surface area contributed by atoms with E-state index in [1.165, 1.54) is 0 Å². The summed E-state index contributed by atoms with van der Waals surface area (Å²) in [6, 6.07) is -0.168. The number of nitrogens with one attached hydrogen (secondary N) is 1. The summed E-state index contributed by atoms with van der Waals surface area (Å²) < 4.78 is 6.77. The number of aliphatic hydroxyl groups is 1. The van der Waals surface area contributed by atoms with E-state index in [9.17, 15) is 9.90 Å². The van der Waals surface area contributed by atoms with E-state index < -0.39 is 0 Å². The average molecular weight is 304 g/mol. The van der Waals surface area contributed by atoms with Crippen LogP contribution in [-0.2, 0) is 7.05 Å². The maximum absolute atomic E-state index is 12.6. The average Bonchev–Trinajstić information content (AvgIpc) is 2.99. The minimum atomic E-state index is -0.278. The molecule has 2 aromatic heterocycles. The zero-order valence-corrected chi connectivity index (χ0v) is 12.9. The molecule has 7 nitrogen and oxygen atoms in total. The Bertz CT molecular complexity index is 665. The minimum Gasteiger partial charge on any atom is -0.393 e. The first-order valence-corrected chi connectivity index (χ1v) is 7.36. The third-order valence-corrected chi connectivity index (χ3v) is 4.25. The second-order valence-electron chi connectivity index (χ2n) is 5.98. The van der Waals surface area contributed by atoms with Crippen LogP contribution in [0.1, 0.15) is 46.3 Å². The predicted molar refractivity (Wildman–Crippen MR) is 78.1 cm³/mol. The molecule has 1 atom stereocenters. The zero-order valence-electron chi connectivity index (χ0n) is 12.9. The highest BCUT2D eigenvalue weighted by molar-refractivity contribution is 5.96. The molecule has 7 heteroatoms. The minimum absolute atomic E-state index is 0.168. The number of amides is 1. The summed E-state index contributed by atoms with van der Waals surface area (Å²) in [7, 11) is 1.84. The van der Waals surface area contributed by atoms with Gasteiger partial charge in [0.15, 0.2) is 0 Å². The van der Waals surface area contributed by atoms with Gasteiger partial charge in [-0.1, -0.05) is 5.16 Å². The molecule has 1 fully saturated rings. The molecular formula is C15H20N4O3. The van der Waals surface area contributed by atoms with Gasteiger partial charge in [0.2, 0.25) is 0 Å². The van der Waals surface area contributed by atoms with Crippen molar-refractivity contribution in [3.63, 3.8) is 0 Å². The van der Waals surface area contributed by atoms with E-state index in [4.69, 9.17) is 4.52 Å². The summed E-state index contributed by atoms with van der Waals surface area (Å²) in [6.07, 6.45) is 4.73. The van der Waals surface area contributed by atoms with E-state index in [1.54, 1.807) is 24.7 Å². The molecule has 0 radical (unpaired) electrons. The van der Waals surface area contributed by atoms with Crippen molar-refractivity contribution >= 4 is 5.91 Å². The quantitative estimate of drug-likeness (QED) is 0.887. The van der Waals surface area contributed by atoms with Gasteiger partial charge in [0.05, 0.1) is 24.0 Å². The van der Waals surface area contributed by atoms with Gasteiger partial charge in [-0.3, -0.25) is 9.48 Å². The number of aromatic nitrogens is 3. The number of hydrogen-bond donors (Lipinski definition) is 2. The van der Waals surface area contributed by atoms with Gasteiger partial charge in [-0.05, 0) is 32.6 Å². The Morgan fingerprint density at radius 2 is 2.23 bits per heavy atom. The molecular weight excluding hydrogens is 284 g/mol. The van der Waals surface area contributed by atoms with Crippen molar-refractivity contribution < 1.29 is 14.4 Å². The van der Waals surface area contributed by atoms with Gasteiger partial charge in [-0.2, -0.15) is 5.10 Å². The molecule has 2 aromatic rings. The van der Waals surface area contributed by atoms with Gasteiger partial charge in [-0.25, -0.2) is 0 Å². The van der Waals surface area contributed by atoms with E-state index in [0.29, 0.717) is 29.9 Å². The molecule has 3 rings (SSSR count). The van der Waals surface area contributed by atoms with Gasteiger partial charge in [0, 0.05) is 18.8 Å². The van der Waals surface area contributed by atoms with Crippen LogP contribution in [0.2, 0.25) is 0 Å². The van der Waals surface area contributed by atoms with Crippen LogP contribution in [-0.4, -0.2) is 32.1 Å². The molecule has 0 aliphatic heterocycles. The smallest absolute Gasteiger partial charge is 0.257 e. The molecule has 0 saturated heterocycles. The topological polar surface area (TPSA) is 93.2 Å². The van der Waals surface area contributed by atoms with Crippen molar-refractivity contribution in [3.05, 3.63) is 35.0 Å². The summed E-state index contributed by atoms with van der Waals surface area (Å²) in [5, 5.41) is 20.6. The predicted octanol–water partition coefficient (Wildman–Crippen LogP) is 1.27. The van der Waals surface area contributed by atoms with E-state index in [2.05, 4.69) is 15.6 Å². The summed E-state index contributed by atoms with van der Waals surface area (Å²) in [4.78, 5) is 12.6. The van der Waals surface area contributed by atoms with Crippen molar-refractivity contribution in [2.75, 3.05) is 0 Å². The lowest BCUT2D eigenvalue weighted by molar-refractivity contribution is 0.0235. The highest BCUT2D eigenvalue weighted by Crippen LogP contribution is 2.38. The van der Waals surface area contributed by atoms with E-state index in [1.807, 2.05) is 13.2 Å². The van der Waals surface area contributed by atoms with E-state index >= 15 is 0 Å². The first kappa shape index (κ1) is 14.8. The number of aryl methyl sites for hydroxylation is 3. The molecule has 0 aromatic carbocycles. The van der Waals surface area contributed by atoms with Gasteiger partial charge in [-0.15, -0.1) is 0 Å². The summed E-state index contributed by atoms with van der Waals surface area (Å²) in [6.45, 7) is 3.47. The van der Waals surface area contributed by atoms with Gasteiger partial charge in [0.25, 0.3) is 5.91 Å². The number of carbonyl (C=O) groups excluding carboxylic acids is 1. The lowest BCUT2D eigenvalue weighted by atomic mass is 9.75. The molecule has 118 valence electrons. The zero-order chi connectivity index (χ0) is 15.9. The maximum atomic E-state index is 12.6. The number of hydrogen-bond acceptors (Lipinski definition) is 5. The monoisotopic (exact) mass is 304 g/mol. The van der Waals surface area contributed by atoms with E-state index in [-0.39, 0.29) is 24.0 Å². The van der Waals surface area contributed by atoms with Crippen LogP contribution in [0.15, 0.2) is 16.9 Å².